The summed E-state index contributed by atoms with van der Waals surface area (Å²) in [6, 6.07) is 8.24. The van der Waals surface area contributed by atoms with E-state index in [1.54, 1.807) is 30.9 Å². The molecule has 27 heavy (non-hydrogen) atoms. The van der Waals surface area contributed by atoms with Crippen LogP contribution >= 0.6 is 0 Å². The van der Waals surface area contributed by atoms with Gasteiger partial charge in [-0.25, -0.2) is 4.39 Å². The summed E-state index contributed by atoms with van der Waals surface area (Å²) in [7, 11) is 0. The second-order valence-corrected chi connectivity index (χ2v) is 7.88. The average Bonchev–Trinajstić information content (AvgIpc) is 2.88. The van der Waals surface area contributed by atoms with E-state index < -0.39 is 11.4 Å². The first-order valence-electron chi connectivity index (χ1n) is 8.93. The van der Waals surface area contributed by atoms with E-state index in [1.807, 2.05) is 26.0 Å². The molecule has 4 nitrogen and oxygen atoms in total. The number of rotatable bonds is 4. The zero-order chi connectivity index (χ0) is 19.9. The van der Waals surface area contributed by atoms with Gasteiger partial charge in [0.05, 0.1) is 17.2 Å². The highest BCUT2D eigenvalue weighted by Gasteiger charge is 2.33. The predicted octanol–water partition coefficient (Wildman–Crippen LogP) is 3.63. The number of hydrogen-bond acceptors (Lipinski definition) is 3. The minimum Gasteiger partial charge on any atom is -0.389 e. The lowest BCUT2D eigenvalue weighted by molar-refractivity contribution is 0.0314. The summed E-state index contributed by atoms with van der Waals surface area (Å²) >= 11 is 0. The first-order valence-corrected chi connectivity index (χ1v) is 8.93. The van der Waals surface area contributed by atoms with Crippen molar-refractivity contribution in [2.45, 2.75) is 46.3 Å². The minimum atomic E-state index is -0.963. The van der Waals surface area contributed by atoms with Crippen molar-refractivity contribution in [3.05, 3.63) is 69.0 Å². The van der Waals surface area contributed by atoms with Crippen LogP contribution in [0.25, 0.3) is 0 Å². The van der Waals surface area contributed by atoms with Gasteiger partial charge >= 0.3 is 0 Å². The van der Waals surface area contributed by atoms with Gasteiger partial charge < -0.3 is 10.0 Å². The van der Waals surface area contributed by atoms with Crippen LogP contribution < -0.4 is 0 Å². The molecular weight excluding hydrogens is 343 g/mol. The fourth-order valence-electron chi connectivity index (χ4n) is 3.61. The normalized spacial score (nSPS) is 13.7. The van der Waals surface area contributed by atoms with Gasteiger partial charge in [-0.3, -0.25) is 4.79 Å². The third-order valence-electron chi connectivity index (χ3n) is 5.15. The maximum Gasteiger partial charge on any atom is 0.254 e. The van der Waals surface area contributed by atoms with Gasteiger partial charge in [-0.05, 0) is 73.7 Å². The van der Waals surface area contributed by atoms with Crippen LogP contribution in [0.4, 0.5) is 4.39 Å². The van der Waals surface area contributed by atoms with Crippen molar-refractivity contribution in [3.8, 4) is 6.07 Å². The van der Waals surface area contributed by atoms with Crippen LogP contribution in [0.3, 0.4) is 0 Å². The highest BCUT2D eigenvalue weighted by atomic mass is 19.1. The molecule has 2 aromatic carbocycles. The van der Waals surface area contributed by atoms with Crippen molar-refractivity contribution >= 4 is 5.91 Å². The third-order valence-corrected chi connectivity index (χ3v) is 5.15. The topological polar surface area (TPSA) is 64.3 Å². The van der Waals surface area contributed by atoms with Crippen molar-refractivity contribution < 1.29 is 14.3 Å². The Morgan fingerprint density at radius 3 is 2.52 bits per heavy atom. The maximum atomic E-state index is 14.3. The van der Waals surface area contributed by atoms with E-state index in [-0.39, 0.29) is 18.0 Å². The number of β-amino-alcohol motifs (C(OH)–C–C–N with tert-alkyl or cyclic N) is 1. The van der Waals surface area contributed by atoms with Gasteiger partial charge in [0, 0.05) is 25.1 Å². The first-order chi connectivity index (χ1) is 12.6. The minimum absolute atomic E-state index is 0.100. The van der Waals surface area contributed by atoms with Crippen molar-refractivity contribution in [1.29, 1.82) is 5.26 Å². The van der Waals surface area contributed by atoms with Crippen LogP contribution in [0.15, 0.2) is 24.3 Å². The Balaban J connectivity index is 1.96. The lowest BCUT2D eigenvalue weighted by Gasteiger charge is -2.25. The molecule has 0 saturated carbocycles. The molecular formula is C22H23FN2O2. The van der Waals surface area contributed by atoms with Gasteiger partial charge in [0.1, 0.15) is 5.82 Å². The predicted molar refractivity (Wildman–Crippen MR) is 101 cm³/mol. The number of nitriles is 1. The SMILES string of the molecule is Cc1c(Cc2ccc(C#N)cc2F)cc2c(c1C)CN(CC(C)(C)O)C2=O. The van der Waals surface area contributed by atoms with Crippen LogP contribution in [-0.2, 0) is 13.0 Å². The summed E-state index contributed by atoms with van der Waals surface area (Å²) in [5.41, 5.74) is 4.39. The number of halogens is 1. The van der Waals surface area contributed by atoms with Gasteiger partial charge in [-0.2, -0.15) is 5.26 Å². The molecule has 0 spiro atoms. The number of amides is 1. The number of fused-ring (bicyclic) bond motifs is 1. The van der Waals surface area contributed by atoms with Gasteiger partial charge in [0.25, 0.3) is 5.91 Å². The number of aliphatic hydroxyl groups is 1. The molecule has 0 saturated heterocycles. The van der Waals surface area contributed by atoms with E-state index in [1.165, 1.54) is 6.07 Å². The summed E-state index contributed by atoms with van der Waals surface area (Å²) in [5, 5.41) is 18.9. The van der Waals surface area contributed by atoms with E-state index in [2.05, 4.69) is 0 Å². The Bertz CT molecular complexity index is 968. The molecule has 0 fully saturated rings. The second kappa shape index (κ2) is 6.79. The largest absolute Gasteiger partial charge is 0.389 e. The summed E-state index contributed by atoms with van der Waals surface area (Å²) in [5.74, 6) is -0.515. The van der Waals surface area contributed by atoms with E-state index in [4.69, 9.17) is 5.26 Å². The molecule has 1 aliphatic heterocycles. The van der Waals surface area contributed by atoms with E-state index in [0.29, 0.717) is 24.1 Å². The van der Waals surface area contributed by atoms with E-state index in [0.717, 1.165) is 22.3 Å². The van der Waals surface area contributed by atoms with Crippen LogP contribution in [0, 0.1) is 31.0 Å². The summed E-state index contributed by atoms with van der Waals surface area (Å²) in [6.07, 6.45) is 0.357. The molecule has 0 bridgehead atoms. The molecule has 0 aromatic heterocycles. The van der Waals surface area contributed by atoms with E-state index in [9.17, 15) is 14.3 Å². The molecule has 1 heterocycles. The second-order valence-electron chi connectivity index (χ2n) is 7.88. The molecule has 0 unspecified atom stereocenters. The molecule has 3 rings (SSSR count). The Morgan fingerprint density at radius 2 is 1.93 bits per heavy atom. The number of carbonyl (C=O) groups is 1. The van der Waals surface area contributed by atoms with Gasteiger partial charge in [0.2, 0.25) is 0 Å². The zero-order valence-corrected chi connectivity index (χ0v) is 16.1. The lowest BCUT2D eigenvalue weighted by atomic mass is 9.91. The molecule has 140 valence electrons. The van der Waals surface area contributed by atoms with Crippen molar-refractivity contribution in [3.63, 3.8) is 0 Å². The fraction of sp³-hybridized carbons (Fsp3) is 0.364. The maximum absolute atomic E-state index is 14.3. The Morgan fingerprint density at radius 1 is 1.22 bits per heavy atom. The van der Waals surface area contributed by atoms with Crippen molar-refractivity contribution in [1.82, 2.24) is 4.90 Å². The third kappa shape index (κ3) is 3.72. The summed E-state index contributed by atoms with van der Waals surface area (Å²) in [4.78, 5) is 14.5. The molecule has 1 aliphatic rings. The monoisotopic (exact) mass is 366 g/mol. The average molecular weight is 366 g/mol. The van der Waals surface area contributed by atoms with Gasteiger partial charge in [-0.15, -0.1) is 0 Å². The highest BCUT2D eigenvalue weighted by Crippen LogP contribution is 2.32. The molecule has 0 aliphatic carbocycles. The number of nitrogens with zero attached hydrogens (tertiary/aromatic N) is 2. The van der Waals surface area contributed by atoms with Crippen molar-refractivity contribution in [2.75, 3.05) is 6.54 Å². The Hall–Kier alpha value is -2.71. The van der Waals surface area contributed by atoms with Crippen molar-refractivity contribution in [2.24, 2.45) is 0 Å². The smallest absolute Gasteiger partial charge is 0.254 e. The fourth-order valence-corrected chi connectivity index (χ4v) is 3.61. The van der Waals surface area contributed by atoms with Crippen LogP contribution in [0.5, 0.6) is 0 Å². The quantitative estimate of drug-likeness (QED) is 0.899. The molecule has 1 N–H and O–H groups in total. The summed E-state index contributed by atoms with van der Waals surface area (Å²) in [6.45, 7) is 8.07. The number of benzene rings is 2. The van der Waals surface area contributed by atoms with Crippen LogP contribution in [0.1, 0.15) is 57.6 Å². The molecule has 1 amide bonds. The summed E-state index contributed by atoms with van der Waals surface area (Å²) < 4.78 is 14.3. The number of hydrogen-bond donors (Lipinski definition) is 1. The Kier molecular flexibility index (Phi) is 4.79. The zero-order valence-electron chi connectivity index (χ0n) is 16.1. The number of carbonyl (C=O) groups excluding carboxylic acids is 1. The van der Waals surface area contributed by atoms with Crippen LogP contribution in [-0.4, -0.2) is 28.1 Å². The molecule has 2 aromatic rings. The standard InChI is InChI=1S/C22H23FN2O2/c1-13-14(2)19-11-25(12-22(3,4)27)21(26)18(19)9-17(13)8-16-6-5-15(10-24)7-20(16)23/h5-7,9,27H,8,11-12H2,1-4H3. The lowest BCUT2D eigenvalue weighted by Crippen LogP contribution is -2.38. The highest BCUT2D eigenvalue weighted by molar-refractivity contribution is 5.99. The van der Waals surface area contributed by atoms with Gasteiger partial charge in [0.15, 0.2) is 0 Å². The van der Waals surface area contributed by atoms with E-state index >= 15 is 0 Å². The van der Waals surface area contributed by atoms with Gasteiger partial charge in [-0.1, -0.05) is 6.07 Å². The van der Waals surface area contributed by atoms with Crippen LogP contribution in [0.2, 0.25) is 0 Å². The molecule has 0 atom stereocenters. The first kappa shape index (κ1) is 19.1. The molecule has 0 radical (unpaired) electrons. The molecule has 5 heteroatoms. The Labute approximate surface area is 158 Å².